The van der Waals surface area contributed by atoms with Gasteiger partial charge in [-0.15, -0.1) is 0 Å². The molecule has 0 bridgehead atoms. The van der Waals surface area contributed by atoms with E-state index < -0.39 is 0 Å². The molecule has 1 amide bonds. The third kappa shape index (κ3) is 5.02. The normalized spacial score (nSPS) is 9.86. The van der Waals surface area contributed by atoms with E-state index in [1.54, 1.807) is 55.6 Å². The topological polar surface area (TPSA) is 80.6 Å². The molecule has 0 fully saturated rings. The van der Waals surface area contributed by atoms with Gasteiger partial charge < -0.3 is 19.5 Å². The summed E-state index contributed by atoms with van der Waals surface area (Å²) in [5, 5.41) is 11.5. The molecule has 28 heavy (non-hydrogen) atoms. The lowest BCUT2D eigenvalue weighted by molar-refractivity contribution is -0.118. The molecule has 3 aromatic carbocycles. The number of amides is 1. The van der Waals surface area contributed by atoms with Crippen LogP contribution in [0, 0.1) is 11.3 Å². The number of methoxy groups -OCH3 is 1. The molecular weight excluding hydrogens is 356 g/mol. The number of para-hydroxylation sites is 2. The van der Waals surface area contributed by atoms with Crippen molar-refractivity contribution in [1.29, 1.82) is 5.26 Å². The zero-order valence-corrected chi connectivity index (χ0v) is 15.2. The second kappa shape index (κ2) is 9.10. The lowest BCUT2D eigenvalue weighted by Gasteiger charge is -2.11. The molecule has 140 valence electrons. The van der Waals surface area contributed by atoms with Crippen LogP contribution < -0.4 is 19.5 Å². The van der Waals surface area contributed by atoms with Crippen molar-refractivity contribution in [3.8, 4) is 29.1 Å². The van der Waals surface area contributed by atoms with E-state index in [9.17, 15) is 4.79 Å². The predicted octanol–water partition coefficient (Wildman–Crippen LogP) is 4.38. The minimum absolute atomic E-state index is 0.134. The van der Waals surface area contributed by atoms with Gasteiger partial charge in [-0.1, -0.05) is 12.1 Å². The Kier molecular flexibility index (Phi) is 6.11. The van der Waals surface area contributed by atoms with Crippen molar-refractivity contribution in [2.24, 2.45) is 0 Å². The Morgan fingerprint density at radius 1 is 0.929 bits per heavy atom. The third-order valence-electron chi connectivity index (χ3n) is 3.79. The van der Waals surface area contributed by atoms with Gasteiger partial charge in [-0.3, -0.25) is 4.79 Å². The fourth-order valence-electron chi connectivity index (χ4n) is 2.41. The summed E-state index contributed by atoms with van der Waals surface area (Å²) < 4.78 is 16.5. The van der Waals surface area contributed by atoms with Crippen molar-refractivity contribution in [2.75, 3.05) is 19.0 Å². The molecule has 0 aliphatic heterocycles. The SMILES string of the molecule is COc1ccccc1Oc1ccc(NC(=O)COc2ccc(C#N)cc2)cc1. The molecule has 0 heterocycles. The molecule has 0 saturated heterocycles. The van der Waals surface area contributed by atoms with Gasteiger partial charge in [-0.2, -0.15) is 5.26 Å². The van der Waals surface area contributed by atoms with E-state index in [0.29, 0.717) is 34.2 Å². The largest absolute Gasteiger partial charge is 0.493 e. The Bertz CT molecular complexity index is 977. The molecular formula is C22H18N2O4. The van der Waals surface area contributed by atoms with E-state index >= 15 is 0 Å². The molecule has 0 unspecified atom stereocenters. The molecule has 0 aromatic heterocycles. The first-order valence-corrected chi connectivity index (χ1v) is 8.51. The first-order valence-electron chi connectivity index (χ1n) is 8.51. The fraction of sp³-hybridized carbons (Fsp3) is 0.0909. The average molecular weight is 374 g/mol. The number of rotatable bonds is 7. The highest BCUT2D eigenvalue weighted by atomic mass is 16.5. The third-order valence-corrected chi connectivity index (χ3v) is 3.79. The maximum atomic E-state index is 12.0. The van der Waals surface area contributed by atoms with Gasteiger partial charge in [0.2, 0.25) is 0 Å². The lowest BCUT2D eigenvalue weighted by atomic mass is 10.2. The number of carbonyl (C=O) groups excluding carboxylic acids is 1. The number of nitrogens with one attached hydrogen (secondary N) is 1. The van der Waals surface area contributed by atoms with Crippen molar-refractivity contribution in [3.05, 3.63) is 78.4 Å². The molecule has 0 aliphatic carbocycles. The number of nitrogens with zero attached hydrogens (tertiary/aromatic N) is 1. The average Bonchev–Trinajstić information content (AvgIpc) is 2.74. The molecule has 0 radical (unpaired) electrons. The van der Waals surface area contributed by atoms with Crippen LogP contribution in [-0.2, 0) is 4.79 Å². The molecule has 3 aromatic rings. The monoisotopic (exact) mass is 374 g/mol. The quantitative estimate of drug-likeness (QED) is 0.664. The van der Waals surface area contributed by atoms with Crippen LogP contribution in [0.15, 0.2) is 72.8 Å². The van der Waals surface area contributed by atoms with Crippen LogP contribution in [0.3, 0.4) is 0 Å². The van der Waals surface area contributed by atoms with Crippen LogP contribution in [0.25, 0.3) is 0 Å². The van der Waals surface area contributed by atoms with Gasteiger partial charge in [0.15, 0.2) is 18.1 Å². The first-order chi connectivity index (χ1) is 13.7. The number of anilines is 1. The van der Waals surface area contributed by atoms with Crippen molar-refractivity contribution in [1.82, 2.24) is 0 Å². The Morgan fingerprint density at radius 3 is 2.21 bits per heavy atom. The minimum atomic E-state index is -0.289. The highest BCUT2D eigenvalue weighted by molar-refractivity contribution is 5.91. The Morgan fingerprint density at radius 2 is 1.57 bits per heavy atom. The predicted molar refractivity (Wildman–Crippen MR) is 105 cm³/mol. The van der Waals surface area contributed by atoms with Crippen LogP contribution in [0.5, 0.6) is 23.0 Å². The van der Waals surface area contributed by atoms with Crippen LogP contribution in [0.2, 0.25) is 0 Å². The van der Waals surface area contributed by atoms with E-state index in [1.807, 2.05) is 30.3 Å². The van der Waals surface area contributed by atoms with Gasteiger partial charge >= 0.3 is 0 Å². The molecule has 0 spiro atoms. The number of benzene rings is 3. The van der Waals surface area contributed by atoms with Crippen molar-refractivity contribution in [2.45, 2.75) is 0 Å². The van der Waals surface area contributed by atoms with Gasteiger partial charge in [0.05, 0.1) is 18.7 Å². The van der Waals surface area contributed by atoms with Crippen LogP contribution in [0.4, 0.5) is 5.69 Å². The first kappa shape index (κ1) is 18.8. The minimum Gasteiger partial charge on any atom is -0.493 e. The number of hydrogen-bond donors (Lipinski definition) is 1. The van der Waals surface area contributed by atoms with Crippen LogP contribution >= 0.6 is 0 Å². The highest BCUT2D eigenvalue weighted by Gasteiger charge is 2.07. The molecule has 1 N–H and O–H groups in total. The zero-order chi connectivity index (χ0) is 19.8. The molecule has 0 atom stereocenters. The summed E-state index contributed by atoms with van der Waals surface area (Å²) in [6, 6.07) is 22.9. The Balaban J connectivity index is 1.53. The number of ether oxygens (including phenoxy) is 3. The summed E-state index contributed by atoms with van der Waals surface area (Å²) in [7, 11) is 1.58. The molecule has 6 nitrogen and oxygen atoms in total. The van der Waals surface area contributed by atoms with Crippen molar-refractivity contribution >= 4 is 11.6 Å². The number of carbonyl (C=O) groups is 1. The zero-order valence-electron chi connectivity index (χ0n) is 15.2. The highest BCUT2D eigenvalue weighted by Crippen LogP contribution is 2.31. The summed E-state index contributed by atoms with van der Waals surface area (Å²) >= 11 is 0. The number of nitriles is 1. The maximum Gasteiger partial charge on any atom is 0.262 e. The molecule has 6 heteroatoms. The van der Waals surface area contributed by atoms with Gasteiger partial charge in [0.1, 0.15) is 11.5 Å². The van der Waals surface area contributed by atoms with Gasteiger partial charge in [-0.05, 0) is 60.7 Å². The van der Waals surface area contributed by atoms with Crippen molar-refractivity contribution < 1.29 is 19.0 Å². The van der Waals surface area contributed by atoms with E-state index in [-0.39, 0.29) is 12.5 Å². The Hall–Kier alpha value is -3.98. The summed E-state index contributed by atoms with van der Waals surface area (Å²) in [5.74, 6) is 2.10. The van der Waals surface area contributed by atoms with Gasteiger partial charge in [-0.25, -0.2) is 0 Å². The van der Waals surface area contributed by atoms with E-state index in [0.717, 1.165) is 0 Å². The fourth-order valence-corrected chi connectivity index (χ4v) is 2.41. The summed E-state index contributed by atoms with van der Waals surface area (Å²) in [6.07, 6.45) is 0. The summed E-state index contributed by atoms with van der Waals surface area (Å²) in [5.41, 5.74) is 1.16. The maximum absolute atomic E-state index is 12.0. The number of hydrogen-bond acceptors (Lipinski definition) is 5. The standard InChI is InChI=1S/C22H18N2O4/c1-26-20-4-2-3-5-21(20)28-19-12-8-17(9-13-19)24-22(25)15-27-18-10-6-16(14-23)7-11-18/h2-13H,15H2,1H3,(H,24,25). The second-order valence-electron chi connectivity index (χ2n) is 5.75. The van der Waals surface area contributed by atoms with Crippen LogP contribution in [-0.4, -0.2) is 19.6 Å². The van der Waals surface area contributed by atoms with E-state index in [1.165, 1.54) is 0 Å². The van der Waals surface area contributed by atoms with Crippen molar-refractivity contribution in [3.63, 3.8) is 0 Å². The molecule has 3 rings (SSSR count). The summed E-state index contributed by atoms with van der Waals surface area (Å²) in [4.78, 5) is 12.0. The Labute approximate surface area is 162 Å². The van der Waals surface area contributed by atoms with E-state index in [2.05, 4.69) is 5.32 Å². The summed E-state index contributed by atoms with van der Waals surface area (Å²) in [6.45, 7) is -0.134. The van der Waals surface area contributed by atoms with Crippen LogP contribution in [0.1, 0.15) is 5.56 Å². The van der Waals surface area contributed by atoms with Gasteiger partial charge in [0.25, 0.3) is 5.91 Å². The second-order valence-corrected chi connectivity index (χ2v) is 5.75. The molecule has 0 saturated carbocycles. The lowest BCUT2D eigenvalue weighted by Crippen LogP contribution is -2.20. The van der Waals surface area contributed by atoms with E-state index in [4.69, 9.17) is 19.5 Å². The molecule has 0 aliphatic rings. The smallest absolute Gasteiger partial charge is 0.262 e. The van der Waals surface area contributed by atoms with Gasteiger partial charge in [0, 0.05) is 5.69 Å².